The summed E-state index contributed by atoms with van der Waals surface area (Å²) in [6.07, 6.45) is 3.57. The van der Waals surface area contributed by atoms with Gasteiger partial charge in [0, 0.05) is 41.8 Å². The average Bonchev–Trinajstić information content (AvgIpc) is 2.53. The van der Waals surface area contributed by atoms with Crippen molar-refractivity contribution in [3.05, 3.63) is 54.4 Å². The molecular weight excluding hydrogens is 264 g/mol. The van der Waals surface area contributed by atoms with Crippen LogP contribution in [0.2, 0.25) is 0 Å². The molecule has 106 valence electrons. The molecule has 0 unspecified atom stereocenters. The van der Waals surface area contributed by atoms with Crippen LogP contribution >= 0.6 is 0 Å². The van der Waals surface area contributed by atoms with Crippen LogP contribution in [0.25, 0.3) is 10.9 Å². The second kappa shape index (κ2) is 5.66. The highest BCUT2D eigenvalue weighted by molar-refractivity contribution is 5.92. The van der Waals surface area contributed by atoms with E-state index in [0.29, 0.717) is 18.1 Å². The van der Waals surface area contributed by atoms with Gasteiger partial charge in [-0.25, -0.2) is 4.98 Å². The van der Waals surface area contributed by atoms with Crippen molar-refractivity contribution in [2.75, 3.05) is 18.2 Å². The smallest absolute Gasteiger partial charge is 0.212 e. The van der Waals surface area contributed by atoms with Gasteiger partial charge in [-0.2, -0.15) is 0 Å². The van der Waals surface area contributed by atoms with Gasteiger partial charge >= 0.3 is 0 Å². The number of aromatic nitrogens is 2. The van der Waals surface area contributed by atoms with Crippen molar-refractivity contribution < 1.29 is 4.74 Å². The lowest BCUT2D eigenvalue weighted by Gasteiger charge is -2.10. The Bertz CT molecular complexity index is 756. The molecule has 0 fully saturated rings. The third kappa shape index (κ3) is 2.86. The Morgan fingerprint density at radius 3 is 2.81 bits per heavy atom. The lowest BCUT2D eigenvalue weighted by atomic mass is 10.1. The first-order valence-electron chi connectivity index (χ1n) is 6.63. The number of hydrogen-bond donors (Lipinski definition) is 2. The second-order valence-electron chi connectivity index (χ2n) is 4.70. The van der Waals surface area contributed by atoms with Crippen molar-refractivity contribution in [3.63, 3.8) is 0 Å². The molecule has 0 aliphatic rings. The predicted octanol–water partition coefficient (Wildman–Crippen LogP) is 2.83. The van der Waals surface area contributed by atoms with Gasteiger partial charge in [0.25, 0.3) is 0 Å². The van der Waals surface area contributed by atoms with Crippen molar-refractivity contribution in [2.24, 2.45) is 0 Å². The van der Waals surface area contributed by atoms with Gasteiger partial charge in [0.2, 0.25) is 5.88 Å². The van der Waals surface area contributed by atoms with E-state index in [9.17, 15) is 0 Å². The Hall–Kier alpha value is -2.82. The minimum atomic E-state index is 0.614. The lowest BCUT2D eigenvalue weighted by molar-refractivity contribution is 0.397. The molecule has 2 aromatic heterocycles. The highest BCUT2D eigenvalue weighted by Gasteiger charge is 2.02. The number of benzene rings is 1. The quantitative estimate of drug-likeness (QED) is 0.719. The van der Waals surface area contributed by atoms with Gasteiger partial charge in [0.15, 0.2) is 0 Å². The zero-order valence-corrected chi connectivity index (χ0v) is 11.7. The monoisotopic (exact) mass is 280 g/mol. The maximum absolute atomic E-state index is 5.79. The fourth-order valence-corrected chi connectivity index (χ4v) is 2.15. The van der Waals surface area contributed by atoms with Crippen LogP contribution in [0.3, 0.4) is 0 Å². The molecule has 2 heterocycles. The van der Waals surface area contributed by atoms with E-state index in [-0.39, 0.29) is 0 Å². The maximum atomic E-state index is 5.79. The molecule has 0 radical (unpaired) electrons. The van der Waals surface area contributed by atoms with Crippen LogP contribution in [-0.4, -0.2) is 17.1 Å². The van der Waals surface area contributed by atoms with Crippen LogP contribution in [0.15, 0.2) is 48.8 Å². The van der Waals surface area contributed by atoms with Crippen molar-refractivity contribution >= 4 is 22.3 Å². The number of anilines is 2. The first-order valence-corrected chi connectivity index (χ1v) is 6.63. The summed E-state index contributed by atoms with van der Waals surface area (Å²) in [5.41, 5.74) is 9.49. The van der Waals surface area contributed by atoms with E-state index in [0.717, 1.165) is 22.2 Å². The molecule has 0 aliphatic carbocycles. The molecule has 5 heteroatoms. The summed E-state index contributed by atoms with van der Waals surface area (Å²) in [4.78, 5) is 8.52. The molecule has 3 N–H and O–H groups in total. The Balaban J connectivity index is 1.81. The standard InChI is InChI=1S/C16H16N4O/c1-21-16-5-2-11(10-20-16)9-19-14-6-7-18-15-8-12(17)3-4-13(14)15/h2-8,10H,9,17H2,1H3,(H,18,19). The fraction of sp³-hybridized carbons (Fsp3) is 0.125. The van der Waals surface area contributed by atoms with Gasteiger partial charge in [-0.1, -0.05) is 6.07 Å². The molecule has 0 aliphatic heterocycles. The summed E-state index contributed by atoms with van der Waals surface area (Å²) < 4.78 is 5.05. The van der Waals surface area contributed by atoms with Crippen LogP contribution < -0.4 is 15.8 Å². The van der Waals surface area contributed by atoms with Crippen molar-refractivity contribution in [1.29, 1.82) is 0 Å². The van der Waals surface area contributed by atoms with E-state index < -0.39 is 0 Å². The highest BCUT2D eigenvalue weighted by Crippen LogP contribution is 2.23. The van der Waals surface area contributed by atoms with Gasteiger partial charge in [0.05, 0.1) is 12.6 Å². The van der Waals surface area contributed by atoms with Crippen LogP contribution in [0.4, 0.5) is 11.4 Å². The van der Waals surface area contributed by atoms with Crippen molar-refractivity contribution in [1.82, 2.24) is 9.97 Å². The topological polar surface area (TPSA) is 73.1 Å². The molecule has 21 heavy (non-hydrogen) atoms. The number of nitrogens with two attached hydrogens (primary N) is 1. The van der Waals surface area contributed by atoms with E-state index in [1.54, 1.807) is 19.5 Å². The second-order valence-corrected chi connectivity index (χ2v) is 4.70. The van der Waals surface area contributed by atoms with Gasteiger partial charge in [-0.15, -0.1) is 0 Å². The van der Waals surface area contributed by atoms with Gasteiger partial charge in [-0.05, 0) is 29.8 Å². The normalized spacial score (nSPS) is 10.5. The zero-order valence-electron chi connectivity index (χ0n) is 11.7. The van der Waals surface area contributed by atoms with Gasteiger partial charge in [0.1, 0.15) is 0 Å². The maximum Gasteiger partial charge on any atom is 0.212 e. The summed E-state index contributed by atoms with van der Waals surface area (Å²) >= 11 is 0. The predicted molar refractivity (Wildman–Crippen MR) is 84.3 cm³/mol. The average molecular weight is 280 g/mol. The molecular formula is C16H16N4O. The number of nitrogens with one attached hydrogen (secondary N) is 1. The molecule has 1 aromatic carbocycles. The molecule has 0 spiro atoms. The van der Waals surface area contributed by atoms with Crippen LogP contribution in [0, 0.1) is 0 Å². The number of methoxy groups -OCH3 is 1. The number of pyridine rings is 2. The summed E-state index contributed by atoms with van der Waals surface area (Å²) in [5.74, 6) is 0.614. The number of nitrogens with zero attached hydrogens (tertiary/aromatic N) is 2. The summed E-state index contributed by atoms with van der Waals surface area (Å²) in [5, 5.41) is 4.45. The lowest BCUT2D eigenvalue weighted by Crippen LogP contribution is -2.01. The first kappa shape index (κ1) is 13.2. The Morgan fingerprint density at radius 1 is 1.14 bits per heavy atom. The van der Waals surface area contributed by atoms with E-state index >= 15 is 0 Å². The van der Waals surface area contributed by atoms with Gasteiger partial charge in [-0.3, -0.25) is 4.98 Å². The molecule has 0 saturated heterocycles. The third-order valence-corrected chi connectivity index (χ3v) is 3.26. The molecule has 0 atom stereocenters. The van der Waals surface area contributed by atoms with Crippen molar-refractivity contribution in [2.45, 2.75) is 6.54 Å². The van der Waals surface area contributed by atoms with E-state index in [4.69, 9.17) is 10.5 Å². The summed E-state index contributed by atoms with van der Waals surface area (Å²) in [7, 11) is 1.61. The molecule has 5 nitrogen and oxygen atoms in total. The molecule has 0 saturated carbocycles. The first-order chi connectivity index (χ1) is 10.3. The van der Waals surface area contributed by atoms with Crippen LogP contribution in [-0.2, 0) is 6.54 Å². The van der Waals surface area contributed by atoms with Crippen LogP contribution in [0.5, 0.6) is 5.88 Å². The SMILES string of the molecule is COc1ccc(CNc2ccnc3cc(N)ccc23)cn1. The summed E-state index contributed by atoms with van der Waals surface area (Å²) in [6.45, 7) is 0.681. The number of rotatable bonds is 4. The Kier molecular flexibility index (Phi) is 3.55. The number of fused-ring (bicyclic) bond motifs is 1. The van der Waals surface area contributed by atoms with E-state index in [2.05, 4.69) is 15.3 Å². The van der Waals surface area contributed by atoms with Crippen molar-refractivity contribution in [3.8, 4) is 5.88 Å². The Labute approximate surface area is 122 Å². The third-order valence-electron chi connectivity index (χ3n) is 3.26. The number of ether oxygens (including phenoxy) is 1. The minimum absolute atomic E-state index is 0.614. The molecule has 0 amide bonds. The van der Waals surface area contributed by atoms with Gasteiger partial charge < -0.3 is 15.8 Å². The van der Waals surface area contributed by atoms with E-state index in [1.165, 1.54) is 0 Å². The largest absolute Gasteiger partial charge is 0.481 e. The molecule has 3 rings (SSSR count). The highest BCUT2D eigenvalue weighted by atomic mass is 16.5. The van der Waals surface area contributed by atoms with Crippen LogP contribution in [0.1, 0.15) is 5.56 Å². The zero-order chi connectivity index (χ0) is 14.7. The minimum Gasteiger partial charge on any atom is -0.481 e. The molecule has 0 bridgehead atoms. The van der Waals surface area contributed by atoms with E-state index in [1.807, 2.05) is 36.4 Å². The number of nitrogen functional groups attached to an aromatic ring is 1. The Morgan fingerprint density at radius 2 is 2.05 bits per heavy atom. The fourth-order valence-electron chi connectivity index (χ4n) is 2.15. The number of hydrogen-bond acceptors (Lipinski definition) is 5. The summed E-state index contributed by atoms with van der Waals surface area (Å²) in [6, 6.07) is 11.5. The molecule has 3 aromatic rings.